The topological polar surface area (TPSA) is 49.4 Å². The zero-order valence-corrected chi connectivity index (χ0v) is 16.5. The van der Waals surface area contributed by atoms with Crippen LogP contribution in [0.1, 0.15) is 48.5 Å². The van der Waals surface area contributed by atoms with Crippen molar-refractivity contribution in [3.63, 3.8) is 0 Å². The summed E-state index contributed by atoms with van der Waals surface area (Å²) in [6.45, 7) is 1.80. The zero-order valence-electron chi connectivity index (χ0n) is 16.5. The number of carbonyl (C=O) groups excluding carboxylic acids is 2. The zero-order chi connectivity index (χ0) is 20.1. The van der Waals surface area contributed by atoms with Gasteiger partial charge in [0.05, 0.1) is 0 Å². The van der Waals surface area contributed by atoms with E-state index in [1.807, 2.05) is 19.2 Å². The van der Waals surface area contributed by atoms with E-state index >= 15 is 0 Å². The van der Waals surface area contributed by atoms with Crippen LogP contribution in [0, 0.1) is 5.82 Å². The first-order valence-electron chi connectivity index (χ1n) is 9.80. The normalized spacial score (nSPS) is 19.2. The van der Waals surface area contributed by atoms with Gasteiger partial charge in [-0.25, -0.2) is 4.39 Å². The summed E-state index contributed by atoms with van der Waals surface area (Å²) < 4.78 is 14.4. The van der Waals surface area contributed by atoms with Gasteiger partial charge in [-0.2, -0.15) is 0 Å². The molecule has 4 nitrogen and oxygen atoms in total. The molecule has 0 radical (unpaired) electrons. The van der Waals surface area contributed by atoms with Gasteiger partial charge in [-0.05, 0) is 62.9 Å². The molecule has 1 fully saturated rings. The average Bonchev–Trinajstić information content (AvgIpc) is 2.73. The highest BCUT2D eigenvalue weighted by Gasteiger charge is 2.25. The second kappa shape index (κ2) is 9.11. The minimum Gasteiger partial charge on any atom is -0.338 e. The fraction of sp³-hybridized carbons (Fsp3) is 0.391. The number of nitrogens with one attached hydrogen (secondary N) is 1. The van der Waals surface area contributed by atoms with Gasteiger partial charge in [0.1, 0.15) is 5.82 Å². The summed E-state index contributed by atoms with van der Waals surface area (Å²) in [5.74, 6) is -0.291. The van der Waals surface area contributed by atoms with E-state index in [1.54, 1.807) is 29.2 Å². The molecule has 0 aliphatic heterocycles. The van der Waals surface area contributed by atoms with Crippen LogP contribution in [0.2, 0.25) is 0 Å². The highest BCUT2D eigenvalue weighted by Crippen LogP contribution is 2.27. The van der Waals surface area contributed by atoms with Crippen molar-refractivity contribution in [1.82, 2.24) is 10.2 Å². The van der Waals surface area contributed by atoms with Gasteiger partial charge in [0, 0.05) is 29.8 Å². The molecule has 0 spiro atoms. The minimum absolute atomic E-state index is 0.0148. The lowest BCUT2D eigenvalue weighted by molar-refractivity contribution is -0.121. The van der Waals surface area contributed by atoms with E-state index in [-0.39, 0.29) is 24.2 Å². The van der Waals surface area contributed by atoms with Crippen LogP contribution < -0.4 is 5.32 Å². The number of rotatable bonds is 7. The molecule has 1 aliphatic carbocycles. The molecular weight excluding hydrogens is 355 g/mol. The SMILES string of the molecule is CNC1CCC(N(C=O)Cc2cc(-c3ccc(C(C)=O)cc3)ccc2F)CC1. The summed E-state index contributed by atoms with van der Waals surface area (Å²) in [4.78, 5) is 24.9. The van der Waals surface area contributed by atoms with Crippen LogP contribution in [-0.2, 0) is 11.3 Å². The van der Waals surface area contributed by atoms with Crippen LogP contribution in [0.4, 0.5) is 4.39 Å². The van der Waals surface area contributed by atoms with Crippen molar-refractivity contribution in [2.75, 3.05) is 7.05 Å². The first kappa shape index (κ1) is 20.2. The van der Waals surface area contributed by atoms with Gasteiger partial charge < -0.3 is 10.2 Å². The quantitative estimate of drug-likeness (QED) is 0.577. The number of carbonyl (C=O) groups is 2. The number of ketones is 1. The molecule has 1 saturated carbocycles. The molecule has 0 heterocycles. The molecule has 2 aromatic carbocycles. The second-order valence-corrected chi connectivity index (χ2v) is 7.51. The maximum Gasteiger partial charge on any atom is 0.210 e. The van der Waals surface area contributed by atoms with Crippen molar-refractivity contribution in [3.05, 3.63) is 59.4 Å². The van der Waals surface area contributed by atoms with E-state index in [1.165, 1.54) is 13.0 Å². The Morgan fingerprint density at radius 1 is 1.11 bits per heavy atom. The molecule has 1 aliphatic rings. The largest absolute Gasteiger partial charge is 0.338 e. The Kier molecular flexibility index (Phi) is 6.57. The maximum absolute atomic E-state index is 14.4. The Morgan fingerprint density at radius 2 is 1.75 bits per heavy atom. The Balaban J connectivity index is 1.77. The summed E-state index contributed by atoms with van der Waals surface area (Å²) in [5.41, 5.74) is 2.95. The van der Waals surface area contributed by atoms with Crippen LogP contribution in [0.15, 0.2) is 42.5 Å². The fourth-order valence-corrected chi connectivity index (χ4v) is 3.92. The molecule has 148 valence electrons. The van der Waals surface area contributed by atoms with E-state index in [9.17, 15) is 14.0 Å². The van der Waals surface area contributed by atoms with E-state index in [0.29, 0.717) is 17.2 Å². The lowest BCUT2D eigenvalue weighted by Crippen LogP contribution is -2.40. The number of hydrogen-bond acceptors (Lipinski definition) is 3. The van der Waals surface area contributed by atoms with Gasteiger partial charge in [-0.15, -0.1) is 0 Å². The number of amides is 1. The molecule has 0 aromatic heterocycles. The van der Waals surface area contributed by atoms with Gasteiger partial charge in [0.2, 0.25) is 6.41 Å². The third-order valence-electron chi connectivity index (χ3n) is 5.73. The number of hydrogen-bond donors (Lipinski definition) is 1. The fourth-order valence-electron chi connectivity index (χ4n) is 3.92. The van der Waals surface area contributed by atoms with E-state index in [0.717, 1.165) is 43.2 Å². The first-order valence-corrected chi connectivity index (χ1v) is 9.80. The Morgan fingerprint density at radius 3 is 2.32 bits per heavy atom. The van der Waals surface area contributed by atoms with Crippen molar-refractivity contribution in [2.45, 2.75) is 51.2 Å². The van der Waals surface area contributed by atoms with Gasteiger partial charge in [0.25, 0.3) is 0 Å². The smallest absolute Gasteiger partial charge is 0.210 e. The van der Waals surface area contributed by atoms with Gasteiger partial charge >= 0.3 is 0 Å². The van der Waals surface area contributed by atoms with Crippen molar-refractivity contribution in [2.24, 2.45) is 0 Å². The summed E-state index contributed by atoms with van der Waals surface area (Å²) in [6, 6.07) is 12.9. The van der Waals surface area contributed by atoms with Gasteiger partial charge in [0.15, 0.2) is 5.78 Å². The Labute approximate surface area is 165 Å². The predicted molar refractivity (Wildman–Crippen MR) is 109 cm³/mol. The molecule has 2 aromatic rings. The Bertz CT molecular complexity index is 827. The maximum atomic E-state index is 14.4. The lowest BCUT2D eigenvalue weighted by Gasteiger charge is -2.34. The number of nitrogens with zero attached hydrogens (tertiary/aromatic N) is 1. The van der Waals surface area contributed by atoms with E-state index < -0.39 is 0 Å². The summed E-state index contributed by atoms with van der Waals surface area (Å²) in [6.07, 6.45) is 4.75. The van der Waals surface area contributed by atoms with Gasteiger partial charge in [-0.3, -0.25) is 9.59 Å². The van der Waals surface area contributed by atoms with Crippen molar-refractivity contribution in [3.8, 4) is 11.1 Å². The van der Waals surface area contributed by atoms with Crippen LogP contribution in [0.3, 0.4) is 0 Å². The van der Waals surface area contributed by atoms with Crippen LogP contribution in [0.25, 0.3) is 11.1 Å². The number of benzene rings is 2. The molecule has 1 amide bonds. The lowest BCUT2D eigenvalue weighted by atomic mass is 9.90. The standard InChI is InChI=1S/C23H27FN2O2/c1-16(28)17-3-5-18(6-4-17)19-7-12-23(24)20(13-19)14-26(15-27)22-10-8-21(25-2)9-11-22/h3-7,12-13,15,21-22,25H,8-11,14H2,1-2H3. The van der Waals surface area contributed by atoms with Crippen molar-refractivity contribution in [1.29, 1.82) is 0 Å². The number of halogens is 1. The average molecular weight is 382 g/mol. The summed E-state index contributed by atoms with van der Waals surface area (Å²) in [7, 11) is 1.96. The van der Waals surface area contributed by atoms with Crippen LogP contribution in [-0.4, -0.2) is 36.2 Å². The van der Waals surface area contributed by atoms with Crippen molar-refractivity contribution >= 4 is 12.2 Å². The molecule has 5 heteroatoms. The van der Waals surface area contributed by atoms with Crippen molar-refractivity contribution < 1.29 is 14.0 Å². The molecular formula is C23H27FN2O2. The molecule has 0 bridgehead atoms. The molecule has 0 unspecified atom stereocenters. The molecule has 3 rings (SSSR count). The first-order chi connectivity index (χ1) is 13.5. The Hall–Kier alpha value is -2.53. The van der Waals surface area contributed by atoms with Gasteiger partial charge in [-0.1, -0.05) is 30.3 Å². The van der Waals surface area contributed by atoms with E-state index in [2.05, 4.69) is 5.32 Å². The summed E-state index contributed by atoms with van der Waals surface area (Å²) in [5, 5.41) is 3.29. The highest BCUT2D eigenvalue weighted by molar-refractivity contribution is 5.94. The third-order valence-corrected chi connectivity index (χ3v) is 5.73. The highest BCUT2D eigenvalue weighted by atomic mass is 19.1. The summed E-state index contributed by atoms with van der Waals surface area (Å²) >= 11 is 0. The van der Waals surface area contributed by atoms with Crippen LogP contribution >= 0.6 is 0 Å². The number of Topliss-reactive ketones (excluding diaryl/α,β-unsaturated/α-hetero) is 1. The van der Waals surface area contributed by atoms with E-state index in [4.69, 9.17) is 0 Å². The minimum atomic E-state index is -0.306. The molecule has 0 atom stereocenters. The molecule has 1 N–H and O–H groups in total. The van der Waals surface area contributed by atoms with Crippen LogP contribution in [0.5, 0.6) is 0 Å². The molecule has 0 saturated heterocycles. The monoisotopic (exact) mass is 382 g/mol. The third kappa shape index (κ3) is 4.65. The molecule has 28 heavy (non-hydrogen) atoms. The second-order valence-electron chi connectivity index (χ2n) is 7.51. The predicted octanol–water partition coefficient (Wildman–Crippen LogP) is 4.18.